The molecule has 0 spiro atoms. The number of hydrogen-bond donors (Lipinski definition) is 3. The molecule has 0 aromatic carbocycles. The molecule has 112 valence electrons. The lowest BCUT2D eigenvalue weighted by Crippen LogP contribution is -2.46. The number of rotatable bonds is 8. The van der Waals surface area contributed by atoms with Crippen LogP contribution in [0.1, 0.15) is 30.7 Å². The van der Waals surface area contributed by atoms with Crippen LogP contribution in [0.4, 0.5) is 4.79 Å². The first-order chi connectivity index (χ1) is 9.54. The second kappa shape index (κ2) is 8.55. The molecule has 6 nitrogen and oxygen atoms in total. The third-order valence-electron chi connectivity index (χ3n) is 2.76. The van der Waals surface area contributed by atoms with Crippen molar-refractivity contribution in [3.05, 3.63) is 22.4 Å². The summed E-state index contributed by atoms with van der Waals surface area (Å²) in [5, 5.41) is 16.2. The molecule has 7 heteroatoms. The van der Waals surface area contributed by atoms with Crippen molar-refractivity contribution in [2.75, 3.05) is 13.7 Å². The Morgan fingerprint density at radius 2 is 2.20 bits per heavy atom. The molecule has 2 unspecified atom stereocenters. The van der Waals surface area contributed by atoms with Crippen LogP contribution in [0.25, 0.3) is 0 Å². The van der Waals surface area contributed by atoms with Crippen LogP contribution in [0.5, 0.6) is 0 Å². The Balaban J connectivity index is 2.43. The monoisotopic (exact) mass is 300 g/mol. The van der Waals surface area contributed by atoms with Crippen LogP contribution in [-0.4, -0.2) is 36.9 Å². The van der Waals surface area contributed by atoms with E-state index < -0.39 is 18.0 Å². The van der Waals surface area contributed by atoms with Crippen molar-refractivity contribution >= 4 is 23.3 Å². The molecule has 0 saturated heterocycles. The fourth-order valence-corrected chi connectivity index (χ4v) is 2.43. The number of methoxy groups -OCH3 is 1. The van der Waals surface area contributed by atoms with Crippen LogP contribution in [-0.2, 0) is 9.53 Å². The summed E-state index contributed by atoms with van der Waals surface area (Å²) in [6, 6.07) is 2.30. The molecule has 0 aliphatic carbocycles. The number of nitrogens with one attached hydrogen (secondary N) is 2. The minimum atomic E-state index is -1.04. The Labute approximate surface area is 122 Å². The lowest BCUT2D eigenvalue weighted by Gasteiger charge is -2.17. The highest BCUT2D eigenvalue weighted by atomic mass is 32.1. The highest BCUT2D eigenvalue weighted by Crippen LogP contribution is 2.17. The SMILES string of the molecule is COCCCC(NC(=O)NC(C)c1cccs1)C(=O)O. The van der Waals surface area contributed by atoms with Crippen LogP contribution in [0.3, 0.4) is 0 Å². The van der Waals surface area contributed by atoms with Crippen molar-refractivity contribution < 1.29 is 19.4 Å². The zero-order valence-corrected chi connectivity index (χ0v) is 12.4. The van der Waals surface area contributed by atoms with Gasteiger partial charge in [0, 0.05) is 18.6 Å². The van der Waals surface area contributed by atoms with E-state index in [1.54, 1.807) is 7.11 Å². The van der Waals surface area contributed by atoms with Gasteiger partial charge in [-0.2, -0.15) is 0 Å². The summed E-state index contributed by atoms with van der Waals surface area (Å²) < 4.78 is 4.87. The normalized spacial score (nSPS) is 13.5. The van der Waals surface area contributed by atoms with Gasteiger partial charge in [0.15, 0.2) is 0 Å². The van der Waals surface area contributed by atoms with E-state index in [9.17, 15) is 9.59 Å². The average Bonchev–Trinajstić information content (AvgIpc) is 2.91. The molecule has 2 atom stereocenters. The van der Waals surface area contributed by atoms with Crippen molar-refractivity contribution in [3.63, 3.8) is 0 Å². The van der Waals surface area contributed by atoms with Crippen LogP contribution >= 0.6 is 11.3 Å². The van der Waals surface area contributed by atoms with E-state index in [1.165, 1.54) is 11.3 Å². The standard InChI is InChI=1S/C13H20N2O4S/c1-9(11-6-4-8-20-11)14-13(18)15-10(12(16)17)5-3-7-19-2/h4,6,8-10H,3,5,7H2,1-2H3,(H,16,17)(H2,14,15,18). The lowest BCUT2D eigenvalue weighted by molar-refractivity contribution is -0.139. The van der Waals surface area contributed by atoms with E-state index >= 15 is 0 Å². The van der Waals surface area contributed by atoms with E-state index in [0.717, 1.165) is 4.88 Å². The summed E-state index contributed by atoms with van der Waals surface area (Å²) in [6.45, 7) is 2.32. The van der Waals surface area contributed by atoms with E-state index in [4.69, 9.17) is 9.84 Å². The van der Waals surface area contributed by atoms with Gasteiger partial charge in [-0.15, -0.1) is 11.3 Å². The third-order valence-corrected chi connectivity index (χ3v) is 3.82. The van der Waals surface area contributed by atoms with Gasteiger partial charge >= 0.3 is 12.0 Å². The maximum absolute atomic E-state index is 11.8. The molecule has 0 radical (unpaired) electrons. The van der Waals surface area contributed by atoms with E-state index in [1.807, 2.05) is 24.4 Å². The number of carbonyl (C=O) groups is 2. The Hall–Kier alpha value is -1.60. The number of urea groups is 1. The minimum Gasteiger partial charge on any atom is -0.480 e. The van der Waals surface area contributed by atoms with Gasteiger partial charge in [0.2, 0.25) is 0 Å². The third kappa shape index (κ3) is 5.58. The molecule has 3 N–H and O–H groups in total. The van der Waals surface area contributed by atoms with Crippen LogP contribution in [0.15, 0.2) is 17.5 Å². The van der Waals surface area contributed by atoms with Crippen molar-refractivity contribution in [3.8, 4) is 0 Å². The van der Waals surface area contributed by atoms with Crippen molar-refractivity contribution in [1.29, 1.82) is 0 Å². The minimum absolute atomic E-state index is 0.150. The molecular formula is C13H20N2O4S. The fraction of sp³-hybridized carbons (Fsp3) is 0.538. The van der Waals surface area contributed by atoms with Gasteiger partial charge in [-0.05, 0) is 31.2 Å². The highest BCUT2D eigenvalue weighted by molar-refractivity contribution is 7.10. The smallest absolute Gasteiger partial charge is 0.326 e. The molecule has 1 aromatic rings. The van der Waals surface area contributed by atoms with Crippen molar-refractivity contribution in [2.24, 2.45) is 0 Å². The molecule has 0 aliphatic rings. The zero-order valence-electron chi connectivity index (χ0n) is 11.6. The Morgan fingerprint density at radius 1 is 1.45 bits per heavy atom. The molecule has 1 rings (SSSR count). The molecule has 1 heterocycles. The first-order valence-electron chi connectivity index (χ1n) is 6.36. The number of aliphatic carboxylic acids is 1. The number of carboxylic acid groups (broad SMARTS) is 1. The first kappa shape index (κ1) is 16.5. The van der Waals surface area contributed by atoms with E-state index in [0.29, 0.717) is 19.4 Å². The van der Waals surface area contributed by atoms with Gasteiger partial charge < -0.3 is 20.5 Å². The predicted octanol–water partition coefficient (Wildman–Crippen LogP) is 1.99. The maximum Gasteiger partial charge on any atom is 0.326 e. The largest absolute Gasteiger partial charge is 0.480 e. The van der Waals surface area contributed by atoms with E-state index in [2.05, 4.69) is 10.6 Å². The molecule has 0 fully saturated rings. The predicted molar refractivity (Wildman–Crippen MR) is 76.9 cm³/mol. The zero-order chi connectivity index (χ0) is 15.0. The number of thiophene rings is 1. The Morgan fingerprint density at radius 3 is 2.75 bits per heavy atom. The molecule has 20 heavy (non-hydrogen) atoms. The van der Waals surface area contributed by atoms with Gasteiger partial charge in [-0.25, -0.2) is 9.59 Å². The molecule has 0 bridgehead atoms. The van der Waals surface area contributed by atoms with Gasteiger partial charge in [-0.1, -0.05) is 6.07 Å². The molecule has 0 saturated carbocycles. The van der Waals surface area contributed by atoms with Gasteiger partial charge in [0.25, 0.3) is 0 Å². The summed E-state index contributed by atoms with van der Waals surface area (Å²) >= 11 is 1.54. The maximum atomic E-state index is 11.8. The Bertz CT molecular complexity index is 422. The van der Waals surface area contributed by atoms with Gasteiger partial charge in [-0.3, -0.25) is 0 Å². The van der Waals surface area contributed by atoms with E-state index in [-0.39, 0.29) is 6.04 Å². The summed E-state index contributed by atoms with van der Waals surface area (Å²) in [4.78, 5) is 23.9. The topological polar surface area (TPSA) is 87.7 Å². The molecule has 0 aliphatic heterocycles. The number of hydrogen-bond acceptors (Lipinski definition) is 4. The van der Waals surface area contributed by atoms with Gasteiger partial charge in [0.1, 0.15) is 6.04 Å². The highest BCUT2D eigenvalue weighted by Gasteiger charge is 2.20. The first-order valence-corrected chi connectivity index (χ1v) is 7.24. The quantitative estimate of drug-likeness (QED) is 0.641. The molecule has 1 aromatic heterocycles. The number of carbonyl (C=O) groups excluding carboxylic acids is 1. The summed E-state index contributed by atoms with van der Waals surface area (Å²) in [6.07, 6.45) is 0.915. The second-order valence-electron chi connectivity index (χ2n) is 4.38. The van der Waals surface area contributed by atoms with Crippen molar-refractivity contribution in [2.45, 2.75) is 31.8 Å². The number of amides is 2. The molecule has 2 amide bonds. The van der Waals surface area contributed by atoms with Crippen LogP contribution in [0.2, 0.25) is 0 Å². The van der Waals surface area contributed by atoms with Crippen molar-refractivity contribution in [1.82, 2.24) is 10.6 Å². The number of carboxylic acids is 1. The average molecular weight is 300 g/mol. The summed E-state index contributed by atoms with van der Waals surface area (Å²) in [5.74, 6) is -1.04. The molecular weight excluding hydrogens is 280 g/mol. The Kier molecular flexibility index (Phi) is 7.03. The fourth-order valence-electron chi connectivity index (χ4n) is 1.69. The lowest BCUT2D eigenvalue weighted by atomic mass is 10.1. The number of ether oxygens (including phenoxy) is 1. The van der Waals surface area contributed by atoms with Crippen LogP contribution < -0.4 is 10.6 Å². The second-order valence-corrected chi connectivity index (χ2v) is 5.36. The summed E-state index contributed by atoms with van der Waals surface area (Å²) in [7, 11) is 1.55. The van der Waals surface area contributed by atoms with Gasteiger partial charge in [0.05, 0.1) is 6.04 Å². The van der Waals surface area contributed by atoms with Crippen LogP contribution in [0, 0.1) is 0 Å². The summed E-state index contributed by atoms with van der Waals surface area (Å²) in [5.41, 5.74) is 0.